The van der Waals surface area contributed by atoms with E-state index < -0.39 is 22.1 Å². The Kier molecular flexibility index (Phi) is 5.29. The molecule has 1 aliphatic carbocycles. The molecule has 4 rings (SSSR count). The van der Waals surface area contributed by atoms with Crippen LogP contribution in [0.5, 0.6) is 0 Å². The Bertz CT molecular complexity index is 1120. The molecule has 2 aliphatic rings. The molecule has 162 valence electrons. The van der Waals surface area contributed by atoms with E-state index in [1.807, 2.05) is 0 Å². The molecule has 6 nitrogen and oxygen atoms in total. The van der Waals surface area contributed by atoms with E-state index in [4.69, 9.17) is 17.3 Å². The Labute approximate surface area is 187 Å². The quantitative estimate of drug-likeness (QED) is 0.696. The normalized spacial score (nSPS) is 27.4. The molecule has 0 spiro atoms. The molecule has 1 aliphatic heterocycles. The smallest absolute Gasteiger partial charge is 0.239 e. The van der Waals surface area contributed by atoms with E-state index in [0.29, 0.717) is 17.0 Å². The fourth-order valence-corrected chi connectivity index (χ4v) is 5.68. The number of aromatic nitrogens is 2. The molecule has 2 N–H and O–H groups in total. The number of amidine groups is 1. The van der Waals surface area contributed by atoms with Gasteiger partial charge in [-0.2, -0.15) is 4.39 Å². The topological polar surface area (TPSA) is 84.5 Å². The number of halogens is 3. The Hall–Kier alpha value is -2.52. The van der Waals surface area contributed by atoms with Crippen molar-refractivity contribution in [1.29, 1.82) is 0 Å². The van der Waals surface area contributed by atoms with E-state index >= 15 is 0 Å². The first kappa shape index (κ1) is 21.7. The third-order valence-electron chi connectivity index (χ3n) is 5.66. The van der Waals surface area contributed by atoms with Crippen molar-refractivity contribution in [2.45, 2.75) is 23.6 Å². The number of nitrogens with zero attached hydrogens (tertiary/aromatic N) is 4. The lowest BCUT2D eigenvalue weighted by molar-refractivity contribution is -0.129. The van der Waals surface area contributed by atoms with Crippen LogP contribution in [0.4, 0.5) is 8.78 Å². The highest BCUT2D eigenvalue weighted by Gasteiger charge is 2.71. The van der Waals surface area contributed by atoms with Crippen LogP contribution in [0.15, 0.2) is 35.6 Å². The first-order valence-electron chi connectivity index (χ1n) is 9.48. The van der Waals surface area contributed by atoms with Crippen LogP contribution in [0, 0.1) is 11.9 Å². The maximum atomic E-state index is 14.8. The average Bonchev–Trinajstić information content (AvgIpc) is 3.45. The summed E-state index contributed by atoms with van der Waals surface area (Å²) in [4.78, 5) is 26.6. The molecular formula is C21H20ClF2N5OS. The van der Waals surface area contributed by atoms with Gasteiger partial charge in [-0.3, -0.25) is 14.8 Å². The molecule has 0 saturated heterocycles. The number of fused-ring (bicyclic) bond motifs is 1. The predicted molar refractivity (Wildman–Crippen MR) is 119 cm³/mol. The summed E-state index contributed by atoms with van der Waals surface area (Å²) < 4.78 is 28.7. The van der Waals surface area contributed by atoms with E-state index in [-0.39, 0.29) is 28.3 Å². The van der Waals surface area contributed by atoms with Gasteiger partial charge in [0.25, 0.3) is 0 Å². The van der Waals surface area contributed by atoms with Gasteiger partial charge in [0.15, 0.2) is 5.17 Å². The standard InChI is InChI=1S/C21H20ClF2N5OS/c1-20(16-8-21(16,18(30)29(2)3)31-19(25)28-20)13-6-11(9-27-17(13)24)7-14(23)15-5-4-12(22)10-26-15/h4-7,9-10,16H,8H2,1-3H3,(H2,25,28)/b14-7+/t16-,20+,21-/m0/s1. The zero-order chi connectivity index (χ0) is 22.6. The van der Waals surface area contributed by atoms with Gasteiger partial charge in [-0.15, -0.1) is 0 Å². The highest BCUT2D eigenvalue weighted by atomic mass is 35.5. The summed E-state index contributed by atoms with van der Waals surface area (Å²) in [7, 11) is 3.35. The van der Waals surface area contributed by atoms with E-state index in [1.54, 1.807) is 21.0 Å². The number of nitrogens with two attached hydrogens (primary N) is 1. The second-order valence-corrected chi connectivity index (χ2v) is 9.79. The molecule has 1 saturated carbocycles. The highest BCUT2D eigenvalue weighted by molar-refractivity contribution is 8.15. The average molecular weight is 464 g/mol. The first-order valence-corrected chi connectivity index (χ1v) is 10.7. The summed E-state index contributed by atoms with van der Waals surface area (Å²) in [6.45, 7) is 1.74. The molecule has 2 aromatic rings. The van der Waals surface area contributed by atoms with E-state index in [9.17, 15) is 13.6 Å². The Morgan fingerprint density at radius 3 is 2.74 bits per heavy atom. The summed E-state index contributed by atoms with van der Waals surface area (Å²) >= 11 is 7.01. The third-order valence-corrected chi connectivity index (χ3v) is 7.17. The number of carbonyl (C=O) groups is 1. The van der Waals surface area contributed by atoms with Crippen molar-refractivity contribution in [3.8, 4) is 0 Å². The highest BCUT2D eigenvalue weighted by Crippen LogP contribution is 2.66. The van der Waals surface area contributed by atoms with Crippen LogP contribution in [0.3, 0.4) is 0 Å². The number of rotatable bonds is 4. The van der Waals surface area contributed by atoms with E-state index in [1.165, 1.54) is 53.3 Å². The molecule has 10 heteroatoms. The lowest BCUT2D eigenvalue weighted by Gasteiger charge is -2.34. The minimum Gasteiger partial charge on any atom is -0.378 e. The summed E-state index contributed by atoms with van der Waals surface area (Å²) in [6.07, 6.45) is 4.29. The van der Waals surface area contributed by atoms with Gasteiger partial charge in [-0.1, -0.05) is 23.4 Å². The molecule has 0 radical (unpaired) electrons. The molecule has 0 unspecified atom stereocenters. The molecular weight excluding hydrogens is 444 g/mol. The Balaban J connectivity index is 1.73. The lowest BCUT2D eigenvalue weighted by Crippen LogP contribution is -2.43. The second kappa shape index (κ2) is 7.56. The van der Waals surface area contributed by atoms with Crippen LogP contribution < -0.4 is 5.73 Å². The van der Waals surface area contributed by atoms with Gasteiger partial charge < -0.3 is 10.6 Å². The number of hydrogen-bond acceptors (Lipinski definition) is 6. The van der Waals surface area contributed by atoms with Crippen LogP contribution in [-0.2, 0) is 10.3 Å². The minimum absolute atomic E-state index is 0.0872. The Morgan fingerprint density at radius 1 is 1.35 bits per heavy atom. The molecule has 3 heterocycles. The van der Waals surface area contributed by atoms with Crippen LogP contribution in [0.1, 0.15) is 30.2 Å². The first-order chi connectivity index (χ1) is 14.6. The molecule has 1 amide bonds. The van der Waals surface area contributed by atoms with Crippen LogP contribution in [-0.4, -0.2) is 44.8 Å². The fraction of sp³-hybridized carbons (Fsp3) is 0.333. The predicted octanol–water partition coefficient (Wildman–Crippen LogP) is 3.86. The van der Waals surface area contributed by atoms with Gasteiger partial charge in [-0.25, -0.2) is 9.37 Å². The Morgan fingerprint density at radius 2 is 2.10 bits per heavy atom. The zero-order valence-electron chi connectivity index (χ0n) is 17.1. The number of thioether (sulfide) groups is 1. The fourth-order valence-electron chi connectivity index (χ4n) is 4.07. The molecule has 1 fully saturated rings. The zero-order valence-corrected chi connectivity index (χ0v) is 18.6. The molecule has 3 atom stereocenters. The summed E-state index contributed by atoms with van der Waals surface area (Å²) in [5.41, 5.74) is 5.55. The van der Waals surface area contributed by atoms with E-state index in [2.05, 4.69) is 15.0 Å². The number of carbonyl (C=O) groups excluding carboxylic acids is 1. The van der Waals surface area contributed by atoms with Gasteiger partial charge in [-0.05, 0) is 43.2 Å². The van der Waals surface area contributed by atoms with Crippen molar-refractivity contribution in [2.24, 2.45) is 16.6 Å². The van der Waals surface area contributed by atoms with Crippen LogP contribution >= 0.6 is 23.4 Å². The maximum absolute atomic E-state index is 14.8. The molecule has 0 bridgehead atoms. The van der Waals surface area contributed by atoms with Crippen molar-refractivity contribution in [1.82, 2.24) is 14.9 Å². The summed E-state index contributed by atoms with van der Waals surface area (Å²) in [6, 6.07) is 4.47. The number of pyridine rings is 2. The van der Waals surface area contributed by atoms with Crippen molar-refractivity contribution in [3.05, 3.63) is 58.4 Å². The third kappa shape index (κ3) is 3.70. The maximum Gasteiger partial charge on any atom is 0.239 e. The van der Waals surface area contributed by atoms with Gasteiger partial charge in [0.1, 0.15) is 10.6 Å². The molecule has 0 aromatic carbocycles. The van der Waals surface area contributed by atoms with Crippen LogP contribution in [0.2, 0.25) is 5.02 Å². The van der Waals surface area contributed by atoms with Crippen molar-refractivity contribution in [2.75, 3.05) is 14.1 Å². The van der Waals surface area contributed by atoms with Gasteiger partial charge >= 0.3 is 0 Å². The monoisotopic (exact) mass is 463 g/mol. The largest absolute Gasteiger partial charge is 0.378 e. The number of aliphatic imine (C=N–C) groups is 1. The minimum atomic E-state index is -1.10. The molecule has 2 aromatic heterocycles. The molecule has 31 heavy (non-hydrogen) atoms. The number of amides is 1. The van der Waals surface area contributed by atoms with Gasteiger partial charge in [0.05, 0.1) is 16.3 Å². The van der Waals surface area contributed by atoms with Gasteiger partial charge in [0.2, 0.25) is 11.9 Å². The van der Waals surface area contributed by atoms with Crippen LogP contribution in [0.25, 0.3) is 11.9 Å². The van der Waals surface area contributed by atoms with Gasteiger partial charge in [0, 0.05) is 38.0 Å². The van der Waals surface area contributed by atoms with Crippen molar-refractivity contribution < 1.29 is 13.6 Å². The van der Waals surface area contributed by atoms with E-state index in [0.717, 1.165) is 0 Å². The number of hydrogen-bond donors (Lipinski definition) is 1. The SMILES string of the molecule is CN(C)C(=O)[C@]12C[C@H]1[C@@](C)(c1cc(/C=C(/F)c3ccc(Cl)cn3)cnc1F)N=C(N)S2. The summed E-state index contributed by atoms with van der Waals surface area (Å²) in [5, 5.41) is 0.601. The van der Waals surface area contributed by atoms with Crippen molar-refractivity contribution >= 4 is 46.3 Å². The second-order valence-electron chi connectivity index (χ2n) is 8.01. The summed E-state index contributed by atoms with van der Waals surface area (Å²) in [5.74, 6) is -1.69. The van der Waals surface area contributed by atoms with Crippen molar-refractivity contribution in [3.63, 3.8) is 0 Å². The lowest BCUT2D eigenvalue weighted by atomic mass is 9.86.